The van der Waals surface area contributed by atoms with E-state index >= 15 is 0 Å². The highest BCUT2D eigenvalue weighted by atomic mass is 32.2. The van der Waals surface area contributed by atoms with Crippen LogP contribution >= 0.6 is 23.1 Å². The van der Waals surface area contributed by atoms with Gasteiger partial charge in [-0.3, -0.25) is 10.1 Å². The predicted octanol–water partition coefficient (Wildman–Crippen LogP) is 7.84. The van der Waals surface area contributed by atoms with Crippen LogP contribution in [0.5, 0.6) is 0 Å². The Balaban J connectivity index is 1.45. The number of hydrogen-bond donors (Lipinski definition) is 1. The quantitative estimate of drug-likeness (QED) is 0.138. The van der Waals surface area contributed by atoms with Gasteiger partial charge in [0.05, 0.1) is 33.4 Å². The Morgan fingerprint density at radius 2 is 1.68 bits per heavy atom. The number of aromatic nitrogens is 1. The molecule has 5 aromatic rings. The molecule has 2 heterocycles. The van der Waals surface area contributed by atoms with Crippen LogP contribution in [0.25, 0.3) is 11.3 Å². The first-order valence-electron chi connectivity index (χ1n) is 11.8. The number of non-ortho nitro benzene ring substituents is 1. The highest BCUT2D eigenvalue weighted by Gasteiger charge is 2.17. The van der Waals surface area contributed by atoms with Crippen LogP contribution in [0.3, 0.4) is 0 Å². The maximum absolute atomic E-state index is 11.4. The Morgan fingerprint density at radius 3 is 2.53 bits per heavy atom. The molecule has 0 spiro atoms. The fourth-order valence-electron chi connectivity index (χ4n) is 4.14. The lowest BCUT2D eigenvalue weighted by Crippen LogP contribution is -2.14. The van der Waals surface area contributed by atoms with Gasteiger partial charge >= 0.3 is 0 Å². The van der Waals surface area contributed by atoms with Crippen molar-refractivity contribution in [2.45, 2.75) is 16.7 Å². The Kier molecular flexibility index (Phi) is 6.36. The minimum absolute atomic E-state index is 0.0287. The van der Waals surface area contributed by atoms with Gasteiger partial charge in [0.1, 0.15) is 0 Å². The Labute approximate surface area is 227 Å². The Bertz CT molecular complexity index is 1770. The second-order valence-electron chi connectivity index (χ2n) is 8.59. The largest absolute Gasteiger partial charge is 0.354 e. The molecule has 0 fully saturated rings. The van der Waals surface area contributed by atoms with Crippen LogP contribution in [0.4, 0.5) is 22.7 Å². The fourth-order valence-corrected chi connectivity index (χ4v) is 5.95. The van der Waals surface area contributed by atoms with Gasteiger partial charge in [0.25, 0.3) is 5.69 Å². The van der Waals surface area contributed by atoms with E-state index in [-0.39, 0.29) is 10.6 Å². The number of nitro benzene ring substituents is 1. The molecule has 0 amide bonds. The third-order valence-corrected chi connectivity index (χ3v) is 8.01. The van der Waals surface area contributed by atoms with E-state index in [1.54, 1.807) is 28.6 Å². The third kappa shape index (κ3) is 4.77. The number of rotatable bonds is 5. The monoisotopic (exact) mass is 535 g/mol. The summed E-state index contributed by atoms with van der Waals surface area (Å²) >= 11 is 3.18. The summed E-state index contributed by atoms with van der Waals surface area (Å²) < 4.78 is 1.77. The van der Waals surface area contributed by atoms with Crippen LogP contribution in [0.15, 0.2) is 122 Å². The van der Waals surface area contributed by atoms with Gasteiger partial charge < -0.3 is 5.32 Å². The van der Waals surface area contributed by atoms with Gasteiger partial charge in [0.15, 0.2) is 0 Å². The van der Waals surface area contributed by atoms with Gasteiger partial charge in [0, 0.05) is 32.9 Å². The Morgan fingerprint density at radius 1 is 0.895 bits per heavy atom. The zero-order valence-corrected chi connectivity index (χ0v) is 21.9. The molecule has 9 heteroatoms. The first kappa shape index (κ1) is 23.9. The van der Waals surface area contributed by atoms with Crippen LogP contribution < -0.4 is 10.1 Å². The first-order valence-corrected chi connectivity index (χ1v) is 13.5. The number of para-hydroxylation sites is 2. The number of thiazole rings is 1. The lowest BCUT2D eigenvalue weighted by molar-refractivity contribution is -0.384. The van der Waals surface area contributed by atoms with Crippen molar-refractivity contribution < 1.29 is 4.92 Å². The fraction of sp³-hybridized carbons (Fsp3) is 0.0345. The van der Waals surface area contributed by atoms with Gasteiger partial charge in [-0.2, -0.15) is 5.10 Å². The number of anilines is 2. The maximum atomic E-state index is 11.4. The zero-order valence-electron chi connectivity index (χ0n) is 20.2. The molecule has 0 saturated carbocycles. The summed E-state index contributed by atoms with van der Waals surface area (Å²) in [6.07, 6.45) is 0. The first-order chi connectivity index (χ1) is 18.5. The number of nitrogens with one attached hydrogen (secondary N) is 1. The second-order valence-corrected chi connectivity index (χ2v) is 10.5. The molecule has 186 valence electrons. The van der Waals surface area contributed by atoms with Gasteiger partial charge in [-0.25, -0.2) is 9.67 Å². The minimum Gasteiger partial charge on any atom is -0.354 e. The summed E-state index contributed by atoms with van der Waals surface area (Å²) in [6, 6.07) is 30.8. The average Bonchev–Trinajstić information content (AvgIpc) is 3.33. The van der Waals surface area contributed by atoms with E-state index < -0.39 is 0 Å². The number of nitrogens with zero attached hydrogens (tertiary/aromatic N) is 4. The van der Waals surface area contributed by atoms with E-state index in [0.717, 1.165) is 38.9 Å². The summed E-state index contributed by atoms with van der Waals surface area (Å²) in [5.74, 6) is 0. The Hall–Kier alpha value is -4.47. The molecule has 4 aromatic carbocycles. The van der Waals surface area contributed by atoms with Gasteiger partial charge in [-0.1, -0.05) is 60.3 Å². The van der Waals surface area contributed by atoms with E-state index in [2.05, 4.69) is 35.6 Å². The van der Waals surface area contributed by atoms with Gasteiger partial charge in [0.2, 0.25) is 4.80 Å². The molecular formula is C29H21N5O2S2. The smallest absolute Gasteiger partial charge is 0.270 e. The van der Waals surface area contributed by atoms with Crippen molar-refractivity contribution in [3.63, 3.8) is 0 Å². The molecule has 1 N–H and O–H groups in total. The number of benzene rings is 4. The predicted molar refractivity (Wildman–Crippen MR) is 154 cm³/mol. The number of fused-ring (bicyclic) bond motifs is 2. The van der Waals surface area contributed by atoms with Crippen molar-refractivity contribution in [3.8, 4) is 11.3 Å². The maximum Gasteiger partial charge on any atom is 0.270 e. The average molecular weight is 536 g/mol. The summed E-state index contributed by atoms with van der Waals surface area (Å²) in [4.78, 5) is 18.9. The standard InChI is InChI=1S/C29H21N5O2S2/c1-19(20-14-15-28-25(17-20)31-24-12-5-6-13-27(24)38-28)32-33-26(21-8-7-11-23(16-21)34(35)36)18-37-29(33)30-22-9-3-2-4-10-22/h2-18,31H,1H3. The van der Waals surface area contributed by atoms with Crippen molar-refractivity contribution in [1.29, 1.82) is 0 Å². The third-order valence-electron chi connectivity index (χ3n) is 6.04. The molecule has 0 atom stereocenters. The lowest BCUT2D eigenvalue weighted by Gasteiger charge is -2.21. The van der Waals surface area contributed by atoms with Crippen LogP contribution in [0.1, 0.15) is 12.5 Å². The van der Waals surface area contributed by atoms with Crippen molar-refractivity contribution in [2.24, 2.45) is 10.1 Å². The van der Waals surface area contributed by atoms with E-state index in [4.69, 9.17) is 10.1 Å². The molecule has 1 aliphatic heterocycles. The molecule has 1 aromatic heterocycles. The van der Waals surface area contributed by atoms with Crippen LogP contribution in [-0.2, 0) is 0 Å². The summed E-state index contributed by atoms with van der Waals surface area (Å²) in [6.45, 7) is 1.96. The van der Waals surface area contributed by atoms with E-state index in [9.17, 15) is 10.1 Å². The summed E-state index contributed by atoms with van der Waals surface area (Å²) in [5, 5.41) is 21.9. The summed E-state index contributed by atoms with van der Waals surface area (Å²) in [7, 11) is 0. The van der Waals surface area contributed by atoms with Crippen LogP contribution in [0, 0.1) is 10.1 Å². The molecular weight excluding hydrogens is 514 g/mol. The lowest BCUT2D eigenvalue weighted by atomic mass is 10.1. The molecule has 1 aliphatic rings. The van der Waals surface area contributed by atoms with Crippen molar-refractivity contribution in [3.05, 3.63) is 123 Å². The highest BCUT2D eigenvalue weighted by Crippen LogP contribution is 2.44. The van der Waals surface area contributed by atoms with E-state index in [1.807, 2.05) is 60.8 Å². The van der Waals surface area contributed by atoms with Gasteiger partial charge in [-0.15, -0.1) is 11.3 Å². The molecule has 0 aliphatic carbocycles. The molecule has 0 unspecified atom stereocenters. The zero-order chi connectivity index (χ0) is 26.1. The van der Waals surface area contributed by atoms with Crippen molar-refractivity contribution in [1.82, 2.24) is 4.68 Å². The van der Waals surface area contributed by atoms with E-state index in [1.165, 1.54) is 22.3 Å². The van der Waals surface area contributed by atoms with E-state index in [0.29, 0.717) is 10.4 Å². The molecule has 6 rings (SSSR count). The second kappa shape index (κ2) is 10.1. The van der Waals surface area contributed by atoms with Crippen molar-refractivity contribution in [2.75, 3.05) is 5.32 Å². The summed E-state index contributed by atoms with van der Waals surface area (Å²) in [5.41, 5.74) is 6.12. The molecule has 0 bridgehead atoms. The molecule has 0 radical (unpaired) electrons. The number of hydrogen-bond acceptors (Lipinski definition) is 7. The van der Waals surface area contributed by atoms with Crippen LogP contribution in [0.2, 0.25) is 0 Å². The van der Waals surface area contributed by atoms with Gasteiger partial charge in [-0.05, 0) is 48.9 Å². The number of nitro groups is 1. The highest BCUT2D eigenvalue weighted by molar-refractivity contribution is 7.99. The topological polar surface area (TPSA) is 84.8 Å². The molecule has 7 nitrogen and oxygen atoms in total. The van der Waals surface area contributed by atoms with Crippen LogP contribution in [-0.4, -0.2) is 15.3 Å². The SMILES string of the molecule is CC(=Nn1c(-c2cccc([N+](=O)[O-])c2)csc1=Nc1ccccc1)c1ccc2c(c1)Nc1ccccc1S2. The van der Waals surface area contributed by atoms with Crippen molar-refractivity contribution >= 4 is 51.6 Å². The minimum atomic E-state index is -0.389. The molecule has 0 saturated heterocycles. The molecule has 38 heavy (non-hydrogen) atoms. The normalized spacial score (nSPS) is 13.0.